The molecule has 3 rings (SSSR count). The van der Waals surface area contributed by atoms with Gasteiger partial charge in [0, 0.05) is 37.3 Å². The molecule has 0 saturated carbocycles. The Morgan fingerprint density at radius 2 is 1.74 bits per heavy atom. The lowest BCUT2D eigenvalue weighted by Crippen LogP contribution is -2.54. The van der Waals surface area contributed by atoms with Crippen molar-refractivity contribution in [2.24, 2.45) is 0 Å². The van der Waals surface area contributed by atoms with Gasteiger partial charge in [-0.3, -0.25) is 9.69 Å². The number of ether oxygens (including phenoxy) is 1. The molecule has 2 aliphatic rings. The highest BCUT2D eigenvalue weighted by molar-refractivity contribution is 5.95. The van der Waals surface area contributed by atoms with Crippen LogP contribution >= 0.6 is 0 Å². The van der Waals surface area contributed by atoms with Crippen molar-refractivity contribution in [1.82, 2.24) is 15.1 Å². The quantitative estimate of drug-likeness (QED) is 0.675. The van der Waals surface area contributed by atoms with Crippen LogP contribution in [-0.4, -0.2) is 83.9 Å². The van der Waals surface area contributed by atoms with Crippen LogP contribution in [0.15, 0.2) is 24.3 Å². The fourth-order valence-corrected chi connectivity index (χ4v) is 4.18. The van der Waals surface area contributed by atoms with Gasteiger partial charge in [-0.05, 0) is 57.7 Å². The molecule has 11 heteroatoms. The number of amides is 2. The average Bonchev–Trinajstić information content (AvgIpc) is 2.79. The summed E-state index contributed by atoms with van der Waals surface area (Å²) < 4.78 is 36.8. The fourth-order valence-electron chi connectivity index (χ4n) is 4.18. The maximum absolute atomic E-state index is 12.6. The van der Waals surface area contributed by atoms with E-state index in [0.717, 1.165) is 63.0 Å². The van der Waals surface area contributed by atoms with Crippen LogP contribution in [-0.2, 0) is 9.53 Å². The van der Waals surface area contributed by atoms with E-state index in [0.29, 0.717) is 12.6 Å². The number of alkyl halides is 3. The molecule has 8 nitrogen and oxygen atoms in total. The van der Waals surface area contributed by atoms with Gasteiger partial charge in [0.15, 0.2) is 0 Å². The molecule has 0 unspecified atom stereocenters. The van der Waals surface area contributed by atoms with Gasteiger partial charge in [0.05, 0.1) is 6.61 Å². The van der Waals surface area contributed by atoms with Gasteiger partial charge in [-0.25, -0.2) is 9.59 Å². The fraction of sp³-hybridized carbons (Fsp3) is 0.609. The molecule has 2 N–H and O–H groups in total. The summed E-state index contributed by atoms with van der Waals surface area (Å²) in [4.78, 5) is 37.7. The Bertz CT molecular complexity index is 841. The lowest BCUT2D eigenvalue weighted by atomic mass is 9.97. The van der Waals surface area contributed by atoms with Gasteiger partial charge < -0.3 is 20.1 Å². The normalized spacial score (nSPS) is 19.6. The molecule has 2 aliphatic heterocycles. The second kappa shape index (κ2) is 12.6. The number of aliphatic carboxylic acids is 1. The SMILES string of the molecule is CCOC(=O)N1CCC(N2CCC[C@H](NC(=O)c3ccccc3C)C2)CC1.O=C(O)C(F)(F)F. The van der Waals surface area contributed by atoms with Gasteiger partial charge in [-0.2, -0.15) is 13.2 Å². The number of rotatable bonds is 4. The molecule has 0 aliphatic carbocycles. The van der Waals surface area contributed by atoms with Gasteiger partial charge in [0.1, 0.15) is 0 Å². The highest BCUT2D eigenvalue weighted by atomic mass is 19.4. The number of carbonyl (C=O) groups excluding carboxylic acids is 2. The molecule has 2 saturated heterocycles. The van der Waals surface area contributed by atoms with Crippen molar-refractivity contribution in [3.05, 3.63) is 35.4 Å². The number of carboxylic acids is 1. The lowest BCUT2D eigenvalue weighted by Gasteiger charge is -2.42. The van der Waals surface area contributed by atoms with Crippen LogP contribution in [0.4, 0.5) is 18.0 Å². The number of hydrogen-bond acceptors (Lipinski definition) is 5. The van der Waals surface area contributed by atoms with Crippen molar-refractivity contribution in [3.8, 4) is 0 Å². The summed E-state index contributed by atoms with van der Waals surface area (Å²) in [6.45, 7) is 7.69. The van der Waals surface area contributed by atoms with Gasteiger partial charge in [0.2, 0.25) is 0 Å². The summed E-state index contributed by atoms with van der Waals surface area (Å²) in [6.07, 6.45) is -1.22. The molecule has 34 heavy (non-hydrogen) atoms. The second-order valence-corrected chi connectivity index (χ2v) is 8.34. The van der Waals surface area contributed by atoms with Crippen LogP contribution in [0, 0.1) is 6.92 Å². The molecule has 0 bridgehead atoms. The van der Waals surface area contributed by atoms with Crippen LogP contribution in [0.2, 0.25) is 0 Å². The van der Waals surface area contributed by atoms with E-state index in [1.165, 1.54) is 0 Å². The summed E-state index contributed by atoms with van der Waals surface area (Å²) in [5, 5.41) is 10.3. The monoisotopic (exact) mass is 487 g/mol. The first-order valence-corrected chi connectivity index (χ1v) is 11.3. The first kappa shape index (κ1) is 27.4. The summed E-state index contributed by atoms with van der Waals surface area (Å²) in [5.74, 6) is -2.73. The minimum Gasteiger partial charge on any atom is -0.475 e. The number of aryl methyl sites for hydroxylation is 1. The molecule has 1 aromatic carbocycles. The van der Waals surface area contributed by atoms with Crippen molar-refractivity contribution in [1.29, 1.82) is 0 Å². The largest absolute Gasteiger partial charge is 0.490 e. The van der Waals surface area contributed by atoms with Crippen LogP contribution in [0.3, 0.4) is 0 Å². The van der Waals surface area contributed by atoms with E-state index < -0.39 is 12.1 Å². The Kier molecular flexibility index (Phi) is 10.2. The molecule has 2 heterocycles. The van der Waals surface area contributed by atoms with Gasteiger partial charge >= 0.3 is 18.2 Å². The van der Waals surface area contributed by atoms with Crippen molar-refractivity contribution in [2.45, 2.75) is 57.8 Å². The third-order valence-corrected chi connectivity index (χ3v) is 5.93. The van der Waals surface area contributed by atoms with Gasteiger partial charge in [-0.15, -0.1) is 0 Å². The van der Waals surface area contributed by atoms with E-state index >= 15 is 0 Å². The summed E-state index contributed by atoms with van der Waals surface area (Å²) in [6, 6.07) is 8.39. The number of piperidine rings is 2. The molecule has 2 fully saturated rings. The predicted octanol–water partition coefficient (Wildman–Crippen LogP) is 3.44. The van der Waals surface area contributed by atoms with E-state index in [9.17, 15) is 22.8 Å². The third kappa shape index (κ3) is 8.19. The number of halogens is 3. The highest BCUT2D eigenvalue weighted by Gasteiger charge is 2.38. The highest BCUT2D eigenvalue weighted by Crippen LogP contribution is 2.22. The van der Waals surface area contributed by atoms with Crippen LogP contribution < -0.4 is 5.32 Å². The zero-order valence-electron chi connectivity index (χ0n) is 19.4. The summed E-state index contributed by atoms with van der Waals surface area (Å²) in [5.41, 5.74) is 1.77. The van der Waals surface area contributed by atoms with E-state index in [1.807, 2.05) is 38.1 Å². The number of hydrogen-bond donors (Lipinski definition) is 2. The number of likely N-dealkylation sites (tertiary alicyclic amines) is 2. The van der Waals surface area contributed by atoms with Crippen molar-refractivity contribution >= 4 is 18.0 Å². The Hall–Kier alpha value is -2.82. The lowest BCUT2D eigenvalue weighted by molar-refractivity contribution is -0.192. The van der Waals surface area contributed by atoms with E-state index in [2.05, 4.69) is 10.2 Å². The molecule has 1 aromatic rings. The van der Waals surface area contributed by atoms with Gasteiger partial charge in [-0.1, -0.05) is 18.2 Å². The number of nitrogens with one attached hydrogen (secondary N) is 1. The maximum Gasteiger partial charge on any atom is 0.490 e. The zero-order chi connectivity index (χ0) is 25.3. The van der Waals surface area contributed by atoms with E-state index in [4.69, 9.17) is 14.6 Å². The zero-order valence-corrected chi connectivity index (χ0v) is 19.4. The number of carboxylic acid groups (broad SMARTS) is 1. The Morgan fingerprint density at radius 1 is 1.12 bits per heavy atom. The first-order valence-electron chi connectivity index (χ1n) is 11.3. The Morgan fingerprint density at radius 3 is 2.29 bits per heavy atom. The molecular formula is C23H32F3N3O5. The van der Waals surface area contributed by atoms with E-state index in [1.54, 1.807) is 4.90 Å². The number of nitrogens with zero attached hydrogens (tertiary/aromatic N) is 2. The average molecular weight is 488 g/mol. The van der Waals surface area contributed by atoms with Crippen LogP contribution in [0.5, 0.6) is 0 Å². The molecule has 2 amide bonds. The molecular weight excluding hydrogens is 455 g/mol. The smallest absolute Gasteiger partial charge is 0.475 e. The summed E-state index contributed by atoms with van der Waals surface area (Å²) in [7, 11) is 0. The molecule has 0 spiro atoms. The molecule has 190 valence electrons. The Labute approximate surface area is 197 Å². The van der Waals surface area contributed by atoms with Gasteiger partial charge in [0.25, 0.3) is 5.91 Å². The minimum atomic E-state index is -5.08. The van der Waals surface area contributed by atoms with Crippen LogP contribution in [0.25, 0.3) is 0 Å². The standard InChI is InChI=1S/C21H31N3O3.C2HF3O2/c1-3-27-21(26)23-13-10-18(11-14-23)24-12-6-8-17(15-24)22-20(25)19-9-5-4-7-16(19)2;3-2(4,5)1(6)7/h4-5,7,9,17-18H,3,6,8,10-15H2,1-2H3,(H,22,25);(H,6,7)/t17-;/m0./s1. The molecule has 0 aromatic heterocycles. The van der Waals surface area contributed by atoms with E-state index in [-0.39, 0.29) is 18.0 Å². The van der Waals surface area contributed by atoms with Crippen LogP contribution in [0.1, 0.15) is 48.5 Å². The predicted molar refractivity (Wildman–Crippen MR) is 119 cm³/mol. The van der Waals surface area contributed by atoms with Crippen molar-refractivity contribution < 1.29 is 37.4 Å². The molecule has 0 radical (unpaired) electrons. The topological polar surface area (TPSA) is 99.2 Å². The third-order valence-electron chi connectivity index (χ3n) is 5.93. The molecule has 1 atom stereocenters. The minimum absolute atomic E-state index is 0.0251. The Balaban J connectivity index is 0.000000509. The second-order valence-electron chi connectivity index (χ2n) is 8.34. The van der Waals surface area contributed by atoms with Crippen molar-refractivity contribution in [2.75, 3.05) is 32.8 Å². The van der Waals surface area contributed by atoms with Crippen molar-refractivity contribution in [3.63, 3.8) is 0 Å². The maximum atomic E-state index is 12.6. The first-order chi connectivity index (χ1) is 16.0. The number of carbonyl (C=O) groups is 3. The number of benzene rings is 1. The summed E-state index contributed by atoms with van der Waals surface area (Å²) >= 11 is 0.